The average molecular weight is 313 g/mol. The molecule has 1 atom stereocenters. The maximum absolute atomic E-state index is 10.3. The van der Waals surface area contributed by atoms with Crippen LogP contribution in [-0.2, 0) is 13.0 Å². The van der Waals surface area contributed by atoms with E-state index in [9.17, 15) is 5.11 Å². The lowest BCUT2D eigenvalue weighted by atomic mass is 10.1. The number of aromatic nitrogens is 2. The summed E-state index contributed by atoms with van der Waals surface area (Å²) in [7, 11) is 0. The summed E-state index contributed by atoms with van der Waals surface area (Å²) in [6.07, 6.45) is 5.20. The van der Waals surface area contributed by atoms with Gasteiger partial charge in [0.1, 0.15) is 5.76 Å². The van der Waals surface area contributed by atoms with E-state index in [0.717, 1.165) is 35.3 Å². The van der Waals surface area contributed by atoms with Crippen molar-refractivity contribution in [3.05, 3.63) is 40.5 Å². The van der Waals surface area contributed by atoms with E-state index in [-0.39, 0.29) is 0 Å². The molecule has 1 unspecified atom stereocenters. The second-order valence-corrected chi connectivity index (χ2v) is 5.09. The van der Waals surface area contributed by atoms with Gasteiger partial charge in [-0.3, -0.25) is 4.68 Å². The highest BCUT2D eigenvalue weighted by Gasteiger charge is 2.17. The van der Waals surface area contributed by atoms with Gasteiger partial charge in [0, 0.05) is 13.0 Å². The minimum atomic E-state index is -0.529. The number of aryl methyl sites for hydroxylation is 2. The summed E-state index contributed by atoms with van der Waals surface area (Å²) >= 11 is 3.44. The molecule has 0 saturated carbocycles. The van der Waals surface area contributed by atoms with Crippen molar-refractivity contribution < 1.29 is 9.52 Å². The molecule has 18 heavy (non-hydrogen) atoms. The molecule has 0 bridgehead atoms. The van der Waals surface area contributed by atoms with Crippen molar-refractivity contribution >= 4 is 15.9 Å². The Hall–Kier alpha value is -1.07. The number of halogens is 1. The number of hydrogen-bond donors (Lipinski definition) is 1. The number of hydrogen-bond acceptors (Lipinski definition) is 3. The van der Waals surface area contributed by atoms with E-state index >= 15 is 0 Å². The zero-order valence-electron chi connectivity index (χ0n) is 10.3. The molecule has 98 valence electrons. The van der Waals surface area contributed by atoms with Crippen LogP contribution in [0.4, 0.5) is 0 Å². The van der Waals surface area contributed by atoms with Gasteiger partial charge in [-0.1, -0.05) is 6.92 Å². The molecule has 5 heteroatoms. The molecule has 0 fully saturated rings. The van der Waals surface area contributed by atoms with Crippen LogP contribution in [-0.4, -0.2) is 14.9 Å². The summed E-state index contributed by atoms with van der Waals surface area (Å²) in [5.74, 6) is 0.895. The summed E-state index contributed by atoms with van der Waals surface area (Å²) in [6.45, 7) is 2.91. The van der Waals surface area contributed by atoms with Crippen LogP contribution in [0.2, 0.25) is 0 Å². The highest BCUT2D eigenvalue weighted by Crippen LogP contribution is 2.26. The summed E-state index contributed by atoms with van der Waals surface area (Å²) in [5, 5.41) is 14.5. The van der Waals surface area contributed by atoms with Gasteiger partial charge in [-0.15, -0.1) is 0 Å². The summed E-state index contributed by atoms with van der Waals surface area (Å²) in [6, 6.07) is 3.78. The van der Waals surface area contributed by atoms with E-state index in [0.29, 0.717) is 6.42 Å². The molecule has 2 aromatic heterocycles. The Morgan fingerprint density at radius 3 is 3.06 bits per heavy atom. The number of furan rings is 1. The second kappa shape index (κ2) is 6.20. The minimum Gasteiger partial charge on any atom is -0.469 e. The van der Waals surface area contributed by atoms with E-state index in [4.69, 9.17) is 4.42 Å². The standard InChI is InChI=1S/C13H17BrN2O2/c1-2-7-16-13(11(14)9-15-16)12(17)6-5-10-4-3-8-18-10/h3-4,8-9,12,17H,2,5-7H2,1H3. The van der Waals surface area contributed by atoms with Gasteiger partial charge in [0.15, 0.2) is 0 Å². The molecular weight excluding hydrogens is 296 g/mol. The van der Waals surface area contributed by atoms with E-state index in [1.165, 1.54) is 0 Å². The Kier molecular flexibility index (Phi) is 4.60. The van der Waals surface area contributed by atoms with Crippen LogP contribution in [0.1, 0.15) is 37.3 Å². The van der Waals surface area contributed by atoms with E-state index in [1.54, 1.807) is 12.5 Å². The van der Waals surface area contributed by atoms with Crippen LogP contribution < -0.4 is 0 Å². The first-order valence-electron chi connectivity index (χ1n) is 6.14. The van der Waals surface area contributed by atoms with Gasteiger partial charge in [-0.2, -0.15) is 5.10 Å². The summed E-state index contributed by atoms with van der Waals surface area (Å²) in [5.41, 5.74) is 0.850. The molecule has 0 amide bonds. The zero-order chi connectivity index (χ0) is 13.0. The van der Waals surface area contributed by atoms with Gasteiger partial charge >= 0.3 is 0 Å². The Labute approximate surface area is 115 Å². The zero-order valence-corrected chi connectivity index (χ0v) is 11.9. The molecule has 2 rings (SSSR count). The molecule has 0 radical (unpaired) electrons. The van der Waals surface area contributed by atoms with Crippen LogP contribution >= 0.6 is 15.9 Å². The molecule has 0 saturated heterocycles. The topological polar surface area (TPSA) is 51.2 Å². The molecule has 0 spiro atoms. The Bertz CT molecular complexity index is 479. The Balaban J connectivity index is 2.03. The van der Waals surface area contributed by atoms with Gasteiger partial charge in [-0.05, 0) is 40.9 Å². The van der Waals surface area contributed by atoms with Gasteiger partial charge in [0.2, 0.25) is 0 Å². The quantitative estimate of drug-likeness (QED) is 0.890. The number of aliphatic hydroxyl groups is 1. The van der Waals surface area contributed by atoms with Gasteiger partial charge in [0.25, 0.3) is 0 Å². The molecule has 2 aromatic rings. The predicted octanol–water partition coefficient (Wildman–Crippen LogP) is 3.31. The lowest BCUT2D eigenvalue weighted by molar-refractivity contribution is 0.153. The lowest BCUT2D eigenvalue weighted by Gasteiger charge is -2.13. The van der Waals surface area contributed by atoms with E-state index < -0.39 is 6.10 Å². The molecular formula is C13H17BrN2O2. The van der Waals surface area contributed by atoms with Gasteiger partial charge in [0.05, 0.1) is 28.7 Å². The van der Waals surface area contributed by atoms with Crippen LogP contribution in [0, 0.1) is 0 Å². The van der Waals surface area contributed by atoms with E-state index in [1.807, 2.05) is 16.8 Å². The highest BCUT2D eigenvalue weighted by atomic mass is 79.9. The fourth-order valence-corrected chi connectivity index (χ4v) is 2.52. The average Bonchev–Trinajstić information content (AvgIpc) is 2.97. The second-order valence-electron chi connectivity index (χ2n) is 4.23. The van der Waals surface area contributed by atoms with Crippen LogP contribution in [0.25, 0.3) is 0 Å². The molecule has 4 nitrogen and oxygen atoms in total. The number of rotatable bonds is 6. The maximum atomic E-state index is 10.3. The third-order valence-corrected chi connectivity index (χ3v) is 3.44. The predicted molar refractivity (Wildman–Crippen MR) is 72.2 cm³/mol. The Morgan fingerprint density at radius 2 is 2.39 bits per heavy atom. The summed E-state index contributed by atoms with van der Waals surface area (Å²) < 4.78 is 7.99. The van der Waals surface area contributed by atoms with E-state index in [2.05, 4.69) is 28.0 Å². The monoisotopic (exact) mass is 312 g/mol. The minimum absolute atomic E-state index is 0.529. The van der Waals surface area contributed by atoms with Crippen LogP contribution in [0.5, 0.6) is 0 Å². The fourth-order valence-electron chi connectivity index (χ4n) is 1.96. The largest absolute Gasteiger partial charge is 0.469 e. The van der Waals surface area contributed by atoms with Crippen molar-refractivity contribution in [1.82, 2.24) is 9.78 Å². The van der Waals surface area contributed by atoms with Gasteiger partial charge < -0.3 is 9.52 Å². The Morgan fingerprint density at radius 1 is 1.56 bits per heavy atom. The first kappa shape index (κ1) is 13.4. The first-order valence-corrected chi connectivity index (χ1v) is 6.93. The van der Waals surface area contributed by atoms with Crippen molar-refractivity contribution in [3.8, 4) is 0 Å². The smallest absolute Gasteiger partial charge is 0.103 e. The molecule has 0 aliphatic heterocycles. The third kappa shape index (κ3) is 3.03. The SMILES string of the molecule is CCCn1ncc(Br)c1C(O)CCc1ccco1. The van der Waals surface area contributed by atoms with Crippen LogP contribution in [0.3, 0.4) is 0 Å². The van der Waals surface area contributed by atoms with Crippen molar-refractivity contribution in [2.45, 2.75) is 38.8 Å². The number of nitrogens with zero attached hydrogens (tertiary/aromatic N) is 2. The maximum Gasteiger partial charge on any atom is 0.103 e. The van der Waals surface area contributed by atoms with Gasteiger partial charge in [-0.25, -0.2) is 0 Å². The third-order valence-electron chi connectivity index (χ3n) is 2.83. The molecule has 0 aliphatic rings. The molecule has 1 N–H and O–H groups in total. The van der Waals surface area contributed by atoms with Crippen molar-refractivity contribution in [2.24, 2.45) is 0 Å². The lowest BCUT2D eigenvalue weighted by Crippen LogP contribution is -2.10. The summed E-state index contributed by atoms with van der Waals surface area (Å²) in [4.78, 5) is 0. The molecule has 0 aliphatic carbocycles. The molecule has 2 heterocycles. The van der Waals surface area contributed by atoms with Crippen molar-refractivity contribution in [3.63, 3.8) is 0 Å². The highest BCUT2D eigenvalue weighted by molar-refractivity contribution is 9.10. The fraction of sp³-hybridized carbons (Fsp3) is 0.462. The normalized spacial score (nSPS) is 12.8. The number of aliphatic hydroxyl groups excluding tert-OH is 1. The van der Waals surface area contributed by atoms with Crippen molar-refractivity contribution in [1.29, 1.82) is 0 Å². The first-order chi connectivity index (χ1) is 8.72. The van der Waals surface area contributed by atoms with Crippen LogP contribution in [0.15, 0.2) is 33.5 Å². The van der Waals surface area contributed by atoms with Crippen molar-refractivity contribution in [2.75, 3.05) is 0 Å². The molecule has 0 aromatic carbocycles.